The maximum Gasteiger partial charge on any atom is 0.295 e. The van der Waals surface area contributed by atoms with Crippen LogP contribution < -0.4 is 10.6 Å². The molecule has 0 aliphatic rings. The fourth-order valence-corrected chi connectivity index (χ4v) is 8.60. The first-order chi connectivity index (χ1) is 26.9. The Morgan fingerprint density at radius 2 is 0.828 bits per heavy atom. The number of benzene rings is 4. The molecule has 0 fully saturated rings. The van der Waals surface area contributed by atoms with Crippen molar-refractivity contribution in [1.29, 1.82) is 0 Å². The Balaban J connectivity index is 1.32. The summed E-state index contributed by atoms with van der Waals surface area (Å²) in [5.74, 6) is -3.85. The molecule has 2 heterocycles. The number of amides is 2. The molecule has 0 bridgehead atoms. The van der Waals surface area contributed by atoms with E-state index in [2.05, 4.69) is 20.6 Å². The number of hydrogen-bond donors (Lipinski definition) is 8. The van der Waals surface area contributed by atoms with Crippen LogP contribution in [0.4, 0.5) is 11.4 Å². The van der Waals surface area contributed by atoms with Crippen LogP contribution in [-0.2, 0) is 40.5 Å². The molecule has 2 aromatic heterocycles. The minimum atomic E-state index is -5.10. The summed E-state index contributed by atoms with van der Waals surface area (Å²) in [6.07, 6.45) is 6.41. The van der Waals surface area contributed by atoms with Gasteiger partial charge >= 0.3 is 0 Å². The molecular weight excluding hydrogens is 849 g/mol. The Labute approximate surface area is 327 Å². The molecule has 0 radical (unpaired) electrons. The van der Waals surface area contributed by atoms with Crippen LogP contribution in [0.3, 0.4) is 0 Å². The molecule has 6 aromatic rings. The van der Waals surface area contributed by atoms with Gasteiger partial charge in [-0.25, -0.2) is 0 Å². The maximum atomic E-state index is 13.2. The van der Waals surface area contributed by atoms with Crippen molar-refractivity contribution in [1.82, 2.24) is 9.97 Å². The van der Waals surface area contributed by atoms with Crippen molar-refractivity contribution in [3.63, 3.8) is 0 Å². The predicted octanol–water partition coefficient (Wildman–Crippen LogP) is 3.86. The molecule has 6 rings (SSSR count). The number of fused-ring (bicyclic) bond motifs is 2. The molecule has 0 atom stereocenters. The van der Waals surface area contributed by atoms with Crippen molar-refractivity contribution >= 4 is 97.4 Å². The van der Waals surface area contributed by atoms with Gasteiger partial charge in [-0.05, 0) is 59.7 Å². The van der Waals surface area contributed by atoms with Crippen LogP contribution in [0.15, 0.2) is 105 Å². The van der Waals surface area contributed by atoms with Gasteiger partial charge in [-0.1, -0.05) is 24.3 Å². The van der Waals surface area contributed by atoms with E-state index >= 15 is 0 Å². The van der Waals surface area contributed by atoms with Crippen molar-refractivity contribution in [2.75, 3.05) is 10.6 Å². The minimum Gasteiger partial charge on any atom is -0.506 e. The summed E-state index contributed by atoms with van der Waals surface area (Å²) < 4.78 is 137. The summed E-state index contributed by atoms with van der Waals surface area (Å²) in [5, 5.41) is 25.2. The highest BCUT2D eigenvalue weighted by molar-refractivity contribution is 7.86. The van der Waals surface area contributed by atoms with Crippen LogP contribution in [0.5, 0.6) is 11.5 Å². The van der Waals surface area contributed by atoms with E-state index in [1.807, 2.05) is 0 Å². The highest BCUT2D eigenvalue weighted by Crippen LogP contribution is 2.36. The van der Waals surface area contributed by atoms with Crippen LogP contribution >= 0.6 is 0 Å². The summed E-state index contributed by atoms with van der Waals surface area (Å²) in [7, 11) is -20.1. The number of phenolic OH excluding ortho intramolecular Hbond substituents is 2. The zero-order chi connectivity index (χ0) is 42.5. The fourth-order valence-electron chi connectivity index (χ4n) is 5.74. The van der Waals surface area contributed by atoms with Gasteiger partial charge in [-0.15, -0.1) is 0 Å². The third-order valence-corrected chi connectivity index (χ3v) is 11.9. The number of anilines is 2. The number of aromatic nitrogens is 2. The highest BCUT2D eigenvalue weighted by atomic mass is 32.2. The number of hydrogen-bond acceptors (Lipinski definition) is 14. The number of aromatic hydroxyl groups is 2. The Kier molecular flexibility index (Phi) is 10.6. The molecule has 8 N–H and O–H groups in total. The van der Waals surface area contributed by atoms with Gasteiger partial charge in [0.15, 0.2) is 0 Å². The van der Waals surface area contributed by atoms with Crippen molar-refractivity contribution < 1.29 is 71.7 Å². The van der Waals surface area contributed by atoms with Gasteiger partial charge in [0.25, 0.3) is 52.3 Å². The smallest absolute Gasteiger partial charge is 0.295 e. The lowest BCUT2D eigenvalue weighted by molar-refractivity contribution is 0.101. The van der Waals surface area contributed by atoms with E-state index < -0.39 is 94.5 Å². The normalized spacial score (nSPS) is 12.6. The average Bonchev–Trinajstić information content (AvgIpc) is 3.13. The number of rotatable bonds is 10. The molecule has 58 heavy (non-hydrogen) atoms. The van der Waals surface area contributed by atoms with E-state index in [0.29, 0.717) is 12.1 Å². The fraction of sp³-hybridized carbons (Fsp3) is 0. The van der Waals surface area contributed by atoms with Crippen LogP contribution in [-0.4, -0.2) is 83.9 Å². The third kappa shape index (κ3) is 8.34. The van der Waals surface area contributed by atoms with Gasteiger partial charge in [0.2, 0.25) is 0 Å². The molecule has 0 saturated carbocycles. The predicted molar refractivity (Wildman–Crippen MR) is 204 cm³/mol. The summed E-state index contributed by atoms with van der Waals surface area (Å²) in [6.45, 7) is 0. The second-order valence-corrected chi connectivity index (χ2v) is 17.6. The molecule has 0 unspecified atom stereocenters. The van der Waals surface area contributed by atoms with Gasteiger partial charge < -0.3 is 20.8 Å². The zero-order valence-electron chi connectivity index (χ0n) is 28.5. The lowest BCUT2D eigenvalue weighted by Gasteiger charge is -2.13. The Bertz CT molecular complexity index is 3030. The number of carbonyl (C=O) groups is 2. The van der Waals surface area contributed by atoms with Gasteiger partial charge in [0.05, 0.1) is 11.1 Å². The standard InChI is InChI=1S/C34H24N4O16S4/c39-31-23(13-29(57(49,50)51)21-7-9-35-15-25(21)31)33(41)37-19-5-3-17(27(11-19)55(43,44)45)1-2-18-4-6-20(12-28(18)56(46,47)48)38-34(42)24-14-30(58(52,53)54)22-8-10-36-16-26(22)32(24)40/h1-16,39-40H,(H,37,41)(H,38,42)(H,43,44,45)(H,46,47,48)(H,49,50,51)(H,52,53,54)/b2-1+. The average molecular weight is 873 g/mol. The Morgan fingerprint density at radius 3 is 1.16 bits per heavy atom. The van der Waals surface area contributed by atoms with Gasteiger partial charge in [0.1, 0.15) is 31.1 Å². The van der Waals surface area contributed by atoms with Crippen molar-refractivity contribution in [3.05, 3.63) is 108 Å². The second-order valence-electron chi connectivity index (χ2n) is 12.0. The molecule has 0 spiro atoms. The molecule has 300 valence electrons. The Hall–Kier alpha value is -6.38. The van der Waals surface area contributed by atoms with Crippen LogP contribution in [0.2, 0.25) is 0 Å². The Morgan fingerprint density at radius 1 is 0.483 bits per heavy atom. The summed E-state index contributed by atoms with van der Waals surface area (Å²) in [5.41, 5.74) is -2.57. The first kappa shape index (κ1) is 41.3. The maximum absolute atomic E-state index is 13.2. The molecule has 0 aliphatic carbocycles. The number of carbonyl (C=O) groups excluding carboxylic acids is 2. The monoisotopic (exact) mass is 872 g/mol. The molecule has 0 saturated heterocycles. The second kappa shape index (κ2) is 14.8. The van der Waals surface area contributed by atoms with E-state index in [0.717, 1.165) is 60.9 Å². The van der Waals surface area contributed by atoms with Crippen molar-refractivity contribution in [2.45, 2.75) is 19.6 Å². The van der Waals surface area contributed by atoms with E-state index in [1.54, 1.807) is 0 Å². The molecule has 24 heteroatoms. The van der Waals surface area contributed by atoms with Crippen molar-refractivity contribution in [3.8, 4) is 11.5 Å². The van der Waals surface area contributed by atoms with E-state index in [-0.39, 0.29) is 44.0 Å². The van der Waals surface area contributed by atoms with E-state index in [9.17, 15) is 71.7 Å². The molecular formula is C34H24N4O16S4. The summed E-state index contributed by atoms with van der Waals surface area (Å²) >= 11 is 0. The van der Waals surface area contributed by atoms with Gasteiger partial charge in [-0.2, -0.15) is 33.7 Å². The van der Waals surface area contributed by atoms with Crippen LogP contribution in [0.1, 0.15) is 31.8 Å². The quantitative estimate of drug-likeness (QED) is 0.0715. The van der Waals surface area contributed by atoms with Crippen molar-refractivity contribution in [2.24, 2.45) is 0 Å². The molecule has 20 nitrogen and oxygen atoms in total. The van der Waals surface area contributed by atoms with Gasteiger partial charge in [-0.3, -0.25) is 37.8 Å². The minimum absolute atomic E-state index is 0.163. The van der Waals surface area contributed by atoms with Crippen LogP contribution in [0, 0.1) is 0 Å². The molecule has 4 aromatic carbocycles. The van der Waals surface area contributed by atoms with Crippen LogP contribution in [0.25, 0.3) is 33.7 Å². The zero-order valence-corrected chi connectivity index (χ0v) is 31.8. The topological polar surface area (TPSA) is 342 Å². The summed E-state index contributed by atoms with van der Waals surface area (Å²) in [6, 6.07) is 9.56. The van der Waals surface area contributed by atoms with Gasteiger partial charge in [0, 0.05) is 57.7 Å². The highest BCUT2D eigenvalue weighted by Gasteiger charge is 2.26. The number of nitrogens with zero attached hydrogens (tertiary/aromatic N) is 2. The summed E-state index contributed by atoms with van der Waals surface area (Å²) in [4.78, 5) is 30.7. The van der Waals surface area contributed by atoms with E-state index in [1.165, 1.54) is 24.5 Å². The lowest BCUT2D eigenvalue weighted by Crippen LogP contribution is -2.14. The first-order valence-corrected chi connectivity index (χ1v) is 21.4. The largest absolute Gasteiger partial charge is 0.506 e. The SMILES string of the molecule is O=C(Nc1ccc(/C=C/c2ccc(NC(=O)c3cc(S(=O)(=O)O)c4ccncc4c3O)cc2S(=O)(=O)O)c(S(=O)(=O)O)c1)c1cc(S(=O)(=O)O)c2ccncc2c1O. The number of pyridine rings is 2. The molecule has 2 amide bonds. The number of phenols is 2. The third-order valence-electron chi connectivity index (χ3n) is 8.33. The number of nitrogens with one attached hydrogen (secondary N) is 2. The lowest BCUT2D eigenvalue weighted by atomic mass is 10.1. The van der Waals surface area contributed by atoms with E-state index in [4.69, 9.17) is 0 Å². The molecule has 0 aliphatic heterocycles. The first-order valence-electron chi connectivity index (χ1n) is 15.6.